The van der Waals surface area contributed by atoms with Crippen LogP contribution in [0.4, 0.5) is 17.1 Å². The zero-order chi connectivity index (χ0) is 51.2. The van der Waals surface area contributed by atoms with Crippen LogP contribution in [0.1, 0.15) is 48.4 Å². The fourth-order valence-corrected chi connectivity index (χ4v) is 11.6. The van der Waals surface area contributed by atoms with Gasteiger partial charge in [0.05, 0.1) is 12.1 Å². The van der Waals surface area contributed by atoms with E-state index in [1.807, 2.05) is 0 Å². The van der Waals surface area contributed by atoms with E-state index < -0.39 is 0 Å². The Bertz CT molecular complexity index is 3550. The monoisotopic (exact) mass is 978 g/mol. The van der Waals surface area contributed by atoms with E-state index in [0.29, 0.717) is 0 Å². The predicted octanol–water partition coefficient (Wildman–Crippen LogP) is 19.1. The van der Waals surface area contributed by atoms with Gasteiger partial charge in [-0.1, -0.05) is 263 Å². The third-order valence-electron chi connectivity index (χ3n) is 15.5. The van der Waals surface area contributed by atoms with Crippen LogP contribution in [-0.4, -0.2) is 12.1 Å². The Labute approximate surface area is 450 Å². The highest BCUT2D eigenvalue weighted by atomic mass is 15.2. The fourth-order valence-electron chi connectivity index (χ4n) is 11.6. The molecule has 9 aromatic carbocycles. The first-order valence-electron chi connectivity index (χ1n) is 27.0. The number of rotatable bonds is 13. The van der Waals surface area contributed by atoms with E-state index >= 15 is 0 Å². The van der Waals surface area contributed by atoms with Gasteiger partial charge in [0.15, 0.2) is 0 Å². The maximum absolute atomic E-state index is 2.62. The molecule has 0 heterocycles. The van der Waals surface area contributed by atoms with Gasteiger partial charge >= 0.3 is 0 Å². The van der Waals surface area contributed by atoms with Crippen molar-refractivity contribution in [3.8, 4) is 33.4 Å². The lowest BCUT2D eigenvalue weighted by Gasteiger charge is -2.40. The molecular formula is C74H62N2. The number of anilines is 3. The van der Waals surface area contributed by atoms with Gasteiger partial charge in [-0.15, -0.1) is 0 Å². The van der Waals surface area contributed by atoms with Crippen LogP contribution >= 0.6 is 0 Å². The van der Waals surface area contributed by atoms with Crippen LogP contribution in [0.2, 0.25) is 0 Å². The predicted molar refractivity (Wildman–Crippen MR) is 323 cm³/mol. The number of hydrogen-bond donors (Lipinski definition) is 0. The van der Waals surface area contributed by atoms with Crippen LogP contribution in [0.3, 0.4) is 0 Å². The molecule has 0 aliphatic heterocycles. The summed E-state index contributed by atoms with van der Waals surface area (Å²) < 4.78 is 0. The zero-order valence-electron chi connectivity index (χ0n) is 43.3. The second-order valence-corrected chi connectivity index (χ2v) is 20.6. The minimum atomic E-state index is 0.0703. The van der Waals surface area contributed by atoms with Crippen LogP contribution < -0.4 is 9.80 Å². The van der Waals surface area contributed by atoms with Crippen molar-refractivity contribution < 1.29 is 0 Å². The van der Waals surface area contributed by atoms with Crippen LogP contribution in [-0.2, 0) is 0 Å². The molecule has 76 heavy (non-hydrogen) atoms. The van der Waals surface area contributed by atoms with Gasteiger partial charge in [-0.2, -0.15) is 0 Å². The molecule has 9 aromatic rings. The average Bonchev–Trinajstić information content (AvgIpc) is 3.52. The molecule has 5 atom stereocenters. The Morgan fingerprint density at radius 1 is 0.316 bits per heavy atom. The normalized spacial score (nSPS) is 18.9. The maximum Gasteiger partial charge on any atom is 0.0585 e. The molecule has 3 aliphatic carbocycles. The Kier molecular flexibility index (Phi) is 13.8. The molecule has 5 unspecified atom stereocenters. The highest BCUT2D eigenvalue weighted by molar-refractivity contribution is 5.84. The van der Waals surface area contributed by atoms with Crippen LogP contribution in [0, 0.1) is 11.8 Å². The summed E-state index contributed by atoms with van der Waals surface area (Å²) in [6.45, 7) is 4.73. The van der Waals surface area contributed by atoms with Gasteiger partial charge in [0.25, 0.3) is 0 Å². The minimum absolute atomic E-state index is 0.0703. The van der Waals surface area contributed by atoms with E-state index in [9.17, 15) is 0 Å². The average molecular weight is 979 g/mol. The minimum Gasteiger partial charge on any atom is -0.338 e. The fraction of sp³-hybridized carbons (Fsp3) is 0.108. The molecule has 0 bridgehead atoms. The van der Waals surface area contributed by atoms with Crippen molar-refractivity contribution in [1.82, 2.24) is 0 Å². The van der Waals surface area contributed by atoms with E-state index in [-0.39, 0.29) is 29.8 Å². The van der Waals surface area contributed by atoms with Gasteiger partial charge in [-0.05, 0) is 139 Å². The summed E-state index contributed by atoms with van der Waals surface area (Å²) in [7, 11) is 0. The van der Waals surface area contributed by atoms with Crippen molar-refractivity contribution in [3.05, 3.63) is 325 Å². The van der Waals surface area contributed by atoms with E-state index in [2.05, 4.69) is 321 Å². The second-order valence-electron chi connectivity index (χ2n) is 20.6. The first-order chi connectivity index (χ1) is 37.5. The van der Waals surface area contributed by atoms with E-state index in [4.69, 9.17) is 0 Å². The first kappa shape index (κ1) is 48.0. The first-order valence-corrected chi connectivity index (χ1v) is 27.0. The molecule has 0 aromatic heterocycles. The highest BCUT2D eigenvalue weighted by Crippen LogP contribution is 2.44. The van der Waals surface area contributed by atoms with Crippen molar-refractivity contribution in [2.75, 3.05) is 9.80 Å². The van der Waals surface area contributed by atoms with Crippen molar-refractivity contribution in [1.29, 1.82) is 0 Å². The molecule has 3 aliphatic rings. The number of hydrogen-bond acceptors (Lipinski definition) is 2. The summed E-state index contributed by atoms with van der Waals surface area (Å²) >= 11 is 0. The molecular weight excluding hydrogens is 917 g/mol. The van der Waals surface area contributed by atoms with Gasteiger partial charge in [-0.25, -0.2) is 0 Å². The Hall–Kier alpha value is -8.98. The molecule has 0 saturated heterocycles. The second kappa shape index (κ2) is 21.9. The number of nitrogens with zero attached hydrogens (tertiary/aromatic N) is 2. The van der Waals surface area contributed by atoms with Crippen LogP contribution in [0.15, 0.2) is 303 Å². The highest BCUT2D eigenvalue weighted by Gasteiger charge is 2.31. The summed E-state index contributed by atoms with van der Waals surface area (Å²) in [5.41, 5.74) is 20.8. The standard InChI is InChI=1S/C74H62N2/c1-53-45-63(55-21-9-3-10-22-55)37-43-73(53)75(71-49-65(57-25-13-5-14-26-57)47-66(50-71)58-27-15-6-16-28-58)69-39-33-61(34-40-69)62-35-41-70(42-36-62)76(74-44-38-64(46-54(74)2)56-23-11-4-12-24-56)72-51-67(59-29-17-7-18-30-59)48-68(52-72)60-31-19-8-20-32-60/h3-51,53-54,68,73-74H,52H2,1-2H3. The molecule has 0 fully saturated rings. The Morgan fingerprint density at radius 2 is 0.684 bits per heavy atom. The van der Waals surface area contributed by atoms with Crippen LogP contribution in [0.25, 0.3) is 50.1 Å². The molecule has 2 heteroatoms. The Morgan fingerprint density at radius 3 is 1.12 bits per heavy atom. The third-order valence-corrected chi connectivity index (χ3v) is 15.5. The number of benzene rings is 9. The van der Waals surface area contributed by atoms with Gasteiger partial charge in [-0.3, -0.25) is 0 Å². The van der Waals surface area contributed by atoms with E-state index in [1.54, 1.807) is 0 Å². The summed E-state index contributed by atoms with van der Waals surface area (Å²) in [5.74, 6) is 0.700. The molecule has 0 radical (unpaired) electrons. The molecule has 0 N–H and O–H groups in total. The van der Waals surface area contributed by atoms with Crippen molar-refractivity contribution in [2.45, 2.75) is 38.3 Å². The molecule has 2 nitrogen and oxygen atoms in total. The molecule has 0 spiro atoms. The maximum atomic E-state index is 2.62. The molecule has 12 rings (SSSR count). The van der Waals surface area contributed by atoms with Crippen molar-refractivity contribution >= 4 is 33.8 Å². The van der Waals surface area contributed by atoms with Crippen molar-refractivity contribution in [3.63, 3.8) is 0 Å². The zero-order valence-corrected chi connectivity index (χ0v) is 43.3. The SMILES string of the molecule is CC1C=C(c2ccccc2)C=CC1N(C1=CC(c2ccccc2)=CC(c2ccccc2)C1)c1ccc(-c2ccc(N(c3cc(-c4ccccc4)cc(-c4ccccc4)c3)C3C=CC(c4ccccc4)=CC3C)cc2)cc1. The van der Waals surface area contributed by atoms with Gasteiger partial charge in [0.2, 0.25) is 0 Å². The van der Waals surface area contributed by atoms with E-state index in [0.717, 1.165) is 17.8 Å². The lowest BCUT2D eigenvalue weighted by Crippen LogP contribution is -2.39. The lowest BCUT2D eigenvalue weighted by atomic mass is 9.83. The lowest BCUT2D eigenvalue weighted by molar-refractivity contribution is 0.581. The van der Waals surface area contributed by atoms with Crippen LogP contribution in [0.5, 0.6) is 0 Å². The van der Waals surface area contributed by atoms with Gasteiger partial charge in [0, 0.05) is 28.7 Å². The topological polar surface area (TPSA) is 6.48 Å². The quantitative estimate of drug-likeness (QED) is 0.114. The van der Waals surface area contributed by atoms with Gasteiger partial charge < -0.3 is 9.80 Å². The third kappa shape index (κ3) is 10.3. The Balaban J connectivity index is 0.915. The summed E-state index contributed by atoms with van der Waals surface area (Å²) in [5, 5.41) is 0. The molecule has 0 amide bonds. The van der Waals surface area contributed by atoms with Gasteiger partial charge in [0.1, 0.15) is 0 Å². The van der Waals surface area contributed by atoms with E-state index in [1.165, 1.54) is 83.7 Å². The summed E-state index contributed by atoms with van der Waals surface area (Å²) in [4.78, 5) is 5.18. The summed E-state index contributed by atoms with van der Waals surface area (Å²) in [6, 6.07) is 90.9. The summed E-state index contributed by atoms with van der Waals surface area (Å²) in [6.07, 6.45) is 20.2. The number of allylic oxidation sites excluding steroid dienone is 8. The smallest absolute Gasteiger partial charge is 0.0585 e. The largest absolute Gasteiger partial charge is 0.338 e. The molecule has 368 valence electrons. The molecule has 0 saturated carbocycles. The van der Waals surface area contributed by atoms with Crippen molar-refractivity contribution in [2.24, 2.45) is 11.8 Å².